The van der Waals surface area contributed by atoms with Gasteiger partial charge in [0, 0.05) is 0 Å². The summed E-state index contributed by atoms with van der Waals surface area (Å²) < 4.78 is 10.4. The fourth-order valence-electron chi connectivity index (χ4n) is 2.06. The molecule has 1 aliphatic heterocycles. The van der Waals surface area contributed by atoms with E-state index in [0.717, 1.165) is 5.56 Å². The Morgan fingerprint density at radius 2 is 2.00 bits per heavy atom. The Morgan fingerprint density at radius 3 is 2.63 bits per heavy atom. The summed E-state index contributed by atoms with van der Waals surface area (Å²) >= 11 is 0. The van der Waals surface area contributed by atoms with Crippen molar-refractivity contribution < 1.29 is 19.4 Å². The zero-order chi connectivity index (χ0) is 14.0. The van der Waals surface area contributed by atoms with Gasteiger partial charge in [-0.1, -0.05) is 6.07 Å². The third kappa shape index (κ3) is 2.42. The molecule has 0 aromatic heterocycles. The molecule has 0 saturated carbocycles. The van der Waals surface area contributed by atoms with Gasteiger partial charge in [0.05, 0.1) is 19.9 Å². The Morgan fingerprint density at radius 1 is 1.26 bits per heavy atom. The number of carbonyl (C=O) groups excluding carboxylic acids is 1. The van der Waals surface area contributed by atoms with Crippen LogP contribution >= 0.6 is 0 Å². The number of hydrogen-bond donors (Lipinski definition) is 3. The van der Waals surface area contributed by atoms with Gasteiger partial charge in [-0.15, -0.1) is 0 Å². The van der Waals surface area contributed by atoms with Crippen molar-refractivity contribution in [3.8, 4) is 11.5 Å². The molecule has 1 heterocycles. The average molecular weight is 264 g/mol. The number of phenols is 1. The van der Waals surface area contributed by atoms with Gasteiger partial charge in [0.2, 0.25) is 0 Å². The lowest BCUT2D eigenvalue weighted by molar-refractivity contribution is 0.211. The zero-order valence-electron chi connectivity index (χ0n) is 11.0. The molecule has 6 heteroatoms. The van der Waals surface area contributed by atoms with Crippen LogP contribution in [0.4, 0.5) is 4.79 Å². The third-order valence-corrected chi connectivity index (χ3v) is 2.97. The molecule has 0 saturated heterocycles. The SMILES string of the molecule is COC1=C(C)NC(=O)NC1c1ccc(O)c(OC)c1. The highest BCUT2D eigenvalue weighted by atomic mass is 16.5. The number of aromatic hydroxyl groups is 1. The van der Waals surface area contributed by atoms with Crippen molar-refractivity contribution in [3.05, 3.63) is 35.2 Å². The molecule has 2 amide bonds. The highest BCUT2D eigenvalue weighted by molar-refractivity contribution is 5.78. The Hall–Kier alpha value is -2.37. The number of ether oxygens (including phenoxy) is 2. The highest BCUT2D eigenvalue weighted by Gasteiger charge is 2.27. The number of carbonyl (C=O) groups is 1. The predicted octanol–water partition coefficient (Wildman–Crippen LogP) is 1.63. The number of rotatable bonds is 3. The van der Waals surface area contributed by atoms with Crippen LogP contribution in [0, 0.1) is 0 Å². The molecule has 19 heavy (non-hydrogen) atoms. The number of hydrogen-bond acceptors (Lipinski definition) is 4. The van der Waals surface area contributed by atoms with E-state index >= 15 is 0 Å². The Bertz CT molecular complexity index is 539. The minimum atomic E-state index is -0.409. The number of urea groups is 1. The second kappa shape index (κ2) is 5.09. The van der Waals surface area contributed by atoms with Crippen LogP contribution < -0.4 is 15.4 Å². The van der Waals surface area contributed by atoms with Crippen molar-refractivity contribution in [1.29, 1.82) is 0 Å². The van der Waals surface area contributed by atoms with Crippen molar-refractivity contribution in [2.75, 3.05) is 14.2 Å². The van der Waals surface area contributed by atoms with Crippen LogP contribution in [0.25, 0.3) is 0 Å². The molecule has 0 aliphatic carbocycles. The number of methoxy groups -OCH3 is 2. The van der Waals surface area contributed by atoms with Gasteiger partial charge >= 0.3 is 6.03 Å². The van der Waals surface area contributed by atoms with Crippen molar-refractivity contribution in [3.63, 3.8) is 0 Å². The summed E-state index contributed by atoms with van der Waals surface area (Å²) in [6.45, 7) is 1.77. The van der Waals surface area contributed by atoms with E-state index in [9.17, 15) is 9.90 Å². The van der Waals surface area contributed by atoms with E-state index in [2.05, 4.69) is 10.6 Å². The molecule has 1 unspecified atom stereocenters. The van der Waals surface area contributed by atoms with Crippen molar-refractivity contribution >= 4 is 6.03 Å². The van der Waals surface area contributed by atoms with Gasteiger partial charge < -0.3 is 25.2 Å². The molecule has 102 valence electrons. The Labute approximate surface area is 111 Å². The Balaban J connectivity index is 2.44. The lowest BCUT2D eigenvalue weighted by Gasteiger charge is -2.28. The third-order valence-electron chi connectivity index (χ3n) is 2.97. The van der Waals surface area contributed by atoms with Crippen LogP contribution in [0.3, 0.4) is 0 Å². The summed E-state index contributed by atoms with van der Waals surface area (Å²) in [5.74, 6) is 1.01. The van der Waals surface area contributed by atoms with Gasteiger partial charge in [0.25, 0.3) is 0 Å². The first-order valence-electron chi connectivity index (χ1n) is 5.76. The van der Waals surface area contributed by atoms with E-state index in [-0.39, 0.29) is 11.8 Å². The van der Waals surface area contributed by atoms with Crippen molar-refractivity contribution in [1.82, 2.24) is 10.6 Å². The largest absolute Gasteiger partial charge is 0.504 e. The number of benzene rings is 1. The maximum Gasteiger partial charge on any atom is 0.319 e. The first-order chi connectivity index (χ1) is 9.06. The second-order valence-corrected chi connectivity index (χ2v) is 4.16. The van der Waals surface area contributed by atoms with Gasteiger partial charge in [-0.3, -0.25) is 0 Å². The molecule has 0 radical (unpaired) electrons. The molecular weight excluding hydrogens is 248 g/mol. The minimum absolute atomic E-state index is 0.0474. The maximum atomic E-state index is 11.5. The number of nitrogens with one attached hydrogen (secondary N) is 2. The second-order valence-electron chi connectivity index (χ2n) is 4.16. The van der Waals surface area contributed by atoms with Crippen LogP contribution in [-0.2, 0) is 4.74 Å². The molecule has 3 N–H and O–H groups in total. The van der Waals surface area contributed by atoms with Gasteiger partial charge in [-0.25, -0.2) is 4.79 Å². The van der Waals surface area contributed by atoms with Crippen LogP contribution in [0.15, 0.2) is 29.7 Å². The molecular formula is C13H16N2O4. The van der Waals surface area contributed by atoms with Crippen molar-refractivity contribution in [2.24, 2.45) is 0 Å². The van der Waals surface area contributed by atoms with Crippen LogP contribution in [0.2, 0.25) is 0 Å². The molecule has 0 spiro atoms. The van der Waals surface area contributed by atoms with Crippen LogP contribution in [0.1, 0.15) is 18.5 Å². The molecule has 2 rings (SSSR count). The van der Waals surface area contributed by atoms with Crippen LogP contribution in [-0.4, -0.2) is 25.4 Å². The molecule has 0 fully saturated rings. The first-order valence-corrected chi connectivity index (χ1v) is 5.76. The van der Waals surface area contributed by atoms with Gasteiger partial charge in [-0.2, -0.15) is 0 Å². The number of allylic oxidation sites excluding steroid dienone is 1. The molecule has 6 nitrogen and oxygen atoms in total. The zero-order valence-corrected chi connectivity index (χ0v) is 11.0. The number of phenolic OH excluding ortho intramolecular Hbond substituents is 1. The van der Waals surface area contributed by atoms with E-state index in [1.54, 1.807) is 26.2 Å². The van der Waals surface area contributed by atoms with Crippen LogP contribution in [0.5, 0.6) is 11.5 Å². The van der Waals surface area contributed by atoms with E-state index < -0.39 is 6.04 Å². The van der Waals surface area contributed by atoms with E-state index in [4.69, 9.17) is 9.47 Å². The molecule has 1 aliphatic rings. The van der Waals surface area contributed by atoms with Gasteiger partial charge in [-0.05, 0) is 24.6 Å². The smallest absolute Gasteiger partial charge is 0.319 e. The van der Waals surface area contributed by atoms with E-state index in [1.165, 1.54) is 13.2 Å². The lowest BCUT2D eigenvalue weighted by atomic mass is 10.0. The normalized spacial score (nSPS) is 18.7. The summed E-state index contributed by atoms with van der Waals surface area (Å²) in [6.07, 6.45) is 0. The molecule has 1 aromatic rings. The fraction of sp³-hybridized carbons (Fsp3) is 0.308. The molecule has 1 aromatic carbocycles. The van der Waals surface area contributed by atoms with E-state index in [0.29, 0.717) is 17.2 Å². The summed E-state index contributed by atoms with van der Waals surface area (Å²) in [4.78, 5) is 11.5. The lowest BCUT2D eigenvalue weighted by Crippen LogP contribution is -2.43. The summed E-state index contributed by atoms with van der Waals surface area (Å²) in [5.41, 5.74) is 1.42. The summed E-state index contributed by atoms with van der Waals surface area (Å²) in [6, 6.07) is 4.19. The summed E-state index contributed by atoms with van der Waals surface area (Å²) in [5, 5.41) is 15.0. The average Bonchev–Trinajstić information content (AvgIpc) is 2.38. The first kappa shape index (κ1) is 13.1. The van der Waals surface area contributed by atoms with Crippen molar-refractivity contribution in [2.45, 2.75) is 13.0 Å². The predicted molar refractivity (Wildman–Crippen MR) is 68.8 cm³/mol. The quantitative estimate of drug-likeness (QED) is 0.775. The van der Waals surface area contributed by atoms with Gasteiger partial charge in [0.1, 0.15) is 11.8 Å². The molecule has 0 bridgehead atoms. The Kier molecular flexibility index (Phi) is 3.50. The topological polar surface area (TPSA) is 79.8 Å². The maximum absolute atomic E-state index is 11.5. The highest BCUT2D eigenvalue weighted by Crippen LogP contribution is 2.33. The monoisotopic (exact) mass is 264 g/mol. The number of amides is 2. The molecule has 1 atom stereocenters. The van der Waals surface area contributed by atoms with Gasteiger partial charge in [0.15, 0.2) is 11.5 Å². The standard InChI is InChI=1S/C13H16N2O4/c1-7-12(19-3)11(15-13(17)14-7)8-4-5-9(16)10(6-8)18-2/h4-6,11,16H,1-3H3,(H2,14,15,17). The van der Waals surface area contributed by atoms with E-state index in [1.807, 2.05) is 0 Å². The minimum Gasteiger partial charge on any atom is -0.504 e. The summed E-state index contributed by atoms with van der Waals surface area (Å²) in [7, 11) is 3.01. The fourth-order valence-corrected chi connectivity index (χ4v) is 2.06.